The van der Waals surface area contributed by atoms with Crippen LogP contribution >= 0.6 is 11.3 Å². The highest BCUT2D eigenvalue weighted by atomic mass is 32.1. The second-order valence-corrected chi connectivity index (χ2v) is 9.66. The van der Waals surface area contributed by atoms with E-state index < -0.39 is 30.6 Å². The summed E-state index contributed by atoms with van der Waals surface area (Å²) in [5.74, 6) is 0.197. The Morgan fingerprint density at radius 1 is 1.12 bits per heavy atom. The predicted molar refractivity (Wildman–Crippen MR) is 120 cm³/mol. The lowest BCUT2D eigenvalue weighted by atomic mass is 10.1. The molecule has 3 aromatic rings. The summed E-state index contributed by atoms with van der Waals surface area (Å²) in [5.41, 5.74) is 2.21. The fraction of sp³-hybridized carbons (Fsp3) is 0.500. The van der Waals surface area contributed by atoms with Crippen molar-refractivity contribution in [3.05, 3.63) is 30.0 Å². The predicted octanol–water partition coefficient (Wildman–Crippen LogP) is 3.67. The summed E-state index contributed by atoms with van der Waals surface area (Å²) in [5, 5.41) is 27.6. The van der Waals surface area contributed by atoms with E-state index >= 15 is 0 Å². The number of benzene rings is 1. The fourth-order valence-electron chi connectivity index (χ4n) is 4.18. The first-order chi connectivity index (χ1) is 15.4. The van der Waals surface area contributed by atoms with E-state index in [2.05, 4.69) is 20.6 Å². The van der Waals surface area contributed by atoms with Crippen molar-refractivity contribution in [2.45, 2.75) is 50.9 Å². The molecule has 2 aromatic heterocycles. The molecule has 1 aromatic carbocycles. The summed E-state index contributed by atoms with van der Waals surface area (Å²) in [6, 6.07) is 7.01. The number of aliphatic hydroxyl groups is 2. The van der Waals surface area contributed by atoms with Gasteiger partial charge in [-0.15, -0.1) is 11.3 Å². The van der Waals surface area contributed by atoms with E-state index in [1.807, 2.05) is 31.2 Å². The first-order valence-electron chi connectivity index (χ1n) is 10.8. The second-order valence-electron chi connectivity index (χ2n) is 8.63. The van der Waals surface area contributed by atoms with Gasteiger partial charge < -0.3 is 20.8 Å². The number of nitrogens with zero attached hydrogens (tertiary/aromatic N) is 3. The van der Waals surface area contributed by atoms with Crippen molar-refractivity contribution in [1.82, 2.24) is 15.0 Å². The molecule has 0 radical (unpaired) electrons. The average Bonchev–Trinajstić information content (AvgIpc) is 3.43. The molecule has 170 valence electrons. The monoisotopic (exact) mass is 461 g/mol. The summed E-state index contributed by atoms with van der Waals surface area (Å²) >= 11 is 1.49. The van der Waals surface area contributed by atoms with Crippen LogP contribution in [0.3, 0.4) is 0 Å². The van der Waals surface area contributed by atoms with Crippen LogP contribution in [0.2, 0.25) is 0 Å². The molecule has 2 aliphatic rings. The van der Waals surface area contributed by atoms with E-state index in [0.717, 1.165) is 16.8 Å². The van der Waals surface area contributed by atoms with E-state index in [9.17, 15) is 19.0 Å². The molecule has 4 atom stereocenters. The summed E-state index contributed by atoms with van der Waals surface area (Å²) in [7, 11) is 0. The van der Waals surface area contributed by atoms with Crippen molar-refractivity contribution in [2.24, 2.45) is 11.8 Å². The zero-order chi connectivity index (χ0) is 22.4. The highest BCUT2D eigenvalue weighted by Crippen LogP contribution is 2.39. The molecule has 0 bridgehead atoms. The number of anilines is 2. The third-order valence-corrected chi connectivity index (χ3v) is 7.27. The molecule has 4 N–H and O–H groups in total. The Balaban J connectivity index is 1.52. The van der Waals surface area contributed by atoms with Crippen LogP contribution in [0.5, 0.6) is 0 Å². The SMILES string of the molecule is Cc1nc(NCC2CC2)nc(N[C@@H]2C[C@H](C(F)F)[C@@H](O)[C@H]2O)c1-c1nc2ccccc2s1. The molecule has 32 heavy (non-hydrogen) atoms. The van der Waals surface area contributed by atoms with Crippen LogP contribution in [0.25, 0.3) is 20.8 Å². The van der Waals surface area contributed by atoms with Crippen molar-refractivity contribution in [3.63, 3.8) is 0 Å². The lowest BCUT2D eigenvalue weighted by molar-refractivity contribution is -0.0333. The number of hydrogen-bond donors (Lipinski definition) is 4. The van der Waals surface area contributed by atoms with Gasteiger partial charge in [0, 0.05) is 6.54 Å². The van der Waals surface area contributed by atoms with Crippen LogP contribution in [0.15, 0.2) is 24.3 Å². The molecule has 2 saturated carbocycles. The molecule has 0 unspecified atom stereocenters. The first kappa shape index (κ1) is 21.4. The maximum Gasteiger partial charge on any atom is 0.244 e. The molecule has 0 saturated heterocycles. The normalized spacial score (nSPS) is 25.6. The van der Waals surface area contributed by atoms with Crippen molar-refractivity contribution in [1.29, 1.82) is 0 Å². The van der Waals surface area contributed by atoms with Gasteiger partial charge in [0.05, 0.1) is 39.5 Å². The Hall–Kier alpha value is -2.43. The van der Waals surface area contributed by atoms with Crippen LogP contribution in [-0.2, 0) is 0 Å². The highest BCUT2D eigenvalue weighted by Gasteiger charge is 2.46. The molecular weight excluding hydrogens is 436 g/mol. The van der Waals surface area contributed by atoms with Crippen LogP contribution < -0.4 is 10.6 Å². The zero-order valence-corrected chi connectivity index (χ0v) is 18.3. The molecule has 2 aliphatic carbocycles. The molecule has 10 heteroatoms. The number of aryl methyl sites for hydroxylation is 1. The van der Waals surface area contributed by atoms with Gasteiger partial charge in [0.1, 0.15) is 16.9 Å². The third-order valence-electron chi connectivity index (χ3n) is 6.22. The first-order valence-corrected chi connectivity index (χ1v) is 11.6. The largest absolute Gasteiger partial charge is 0.390 e. The van der Waals surface area contributed by atoms with Gasteiger partial charge >= 0.3 is 0 Å². The molecular formula is C22H25F2N5O2S. The number of halogens is 2. The minimum Gasteiger partial charge on any atom is -0.390 e. The number of alkyl halides is 2. The maximum absolute atomic E-state index is 13.3. The molecule has 5 rings (SSSR count). The fourth-order valence-corrected chi connectivity index (χ4v) is 5.25. The molecule has 7 nitrogen and oxygen atoms in total. The van der Waals surface area contributed by atoms with E-state index in [4.69, 9.17) is 4.98 Å². The number of rotatable bonds is 7. The van der Waals surface area contributed by atoms with E-state index in [1.54, 1.807) is 0 Å². The summed E-state index contributed by atoms with van der Waals surface area (Å²) in [4.78, 5) is 13.9. The lowest BCUT2D eigenvalue weighted by Crippen LogP contribution is -2.36. The Morgan fingerprint density at radius 3 is 2.59 bits per heavy atom. The van der Waals surface area contributed by atoms with Gasteiger partial charge in [-0.3, -0.25) is 0 Å². The molecule has 2 heterocycles. The van der Waals surface area contributed by atoms with Crippen molar-refractivity contribution < 1.29 is 19.0 Å². The Labute approximate surface area is 187 Å². The topological polar surface area (TPSA) is 103 Å². The minimum atomic E-state index is -2.71. The van der Waals surface area contributed by atoms with Crippen LogP contribution in [-0.4, -0.2) is 56.4 Å². The number of fused-ring (bicyclic) bond motifs is 1. The number of hydrogen-bond acceptors (Lipinski definition) is 8. The number of thiazole rings is 1. The van der Waals surface area contributed by atoms with Gasteiger partial charge in [-0.25, -0.2) is 18.7 Å². The lowest BCUT2D eigenvalue weighted by Gasteiger charge is -2.21. The zero-order valence-electron chi connectivity index (χ0n) is 17.5. The molecule has 0 amide bonds. The highest BCUT2D eigenvalue weighted by molar-refractivity contribution is 7.21. The number of nitrogens with one attached hydrogen (secondary N) is 2. The van der Waals surface area contributed by atoms with Gasteiger partial charge in [-0.05, 0) is 44.2 Å². The summed E-state index contributed by atoms with van der Waals surface area (Å²) < 4.78 is 27.6. The Bertz CT molecular complexity index is 1090. The number of aliphatic hydroxyl groups excluding tert-OH is 2. The average molecular weight is 462 g/mol. The second kappa shape index (κ2) is 8.49. The van der Waals surface area contributed by atoms with Crippen molar-refractivity contribution in [2.75, 3.05) is 17.2 Å². The van der Waals surface area contributed by atoms with Gasteiger partial charge in [0.2, 0.25) is 12.4 Å². The number of aromatic nitrogens is 3. The van der Waals surface area contributed by atoms with Gasteiger partial charge in [0.25, 0.3) is 0 Å². The Kier molecular flexibility index (Phi) is 5.68. The van der Waals surface area contributed by atoms with Crippen molar-refractivity contribution in [3.8, 4) is 10.6 Å². The Morgan fingerprint density at radius 2 is 1.91 bits per heavy atom. The van der Waals surface area contributed by atoms with E-state index in [0.29, 0.717) is 33.9 Å². The standard InChI is InChI=1S/C22H25F2N5O2S/c1-10-16(21-28-13-4-2-3-5-15(13)32-21)20(29-22(26-10)25-9-11-6-7-11)27-14-8-12(19(23)24)17(30)18(14)31/h2-5,11-12,14,17-19,30-31H,6-9H2,1H3,(H2,25,26,27,29)/t12-,14+,17+,18-/m0/s1. The summed E-state index contributed by atoms with van der Waals surface area (Å²) in [6.07, 6.45) is -3.22. The van der Waals surface area contributed by atoms with E-state index in [1.165, 1.54) is 24.2 Å². The van der Waals surface area contributed by atoms with Gasteiger partial charge in [-0.2, -0.15) is 4.98 Å². The van der Waals surface area contributed by atoms with Crippen LogP contribution in [0, 0.1) is 18.8 Å². The quantitative estimate of drug-likeness (QED) is 0.426. The van der Waals surface area contributed by atoms with Crippen LogP contribution in [0.4, 0.5) is 20.5 Å². The molecule has 0 spiro atoms. The van der Waals surface area contributed by atoms with Gasteiger partial charge in [-0.1, -0.05) is 12.1 Å². The summed E-state index contributed by atoms with van der Waals surface area (Å²) in [6.45, 7) is 2.63. The van der Waals surface area contributed by atoms with E-state index in [-0.39, 0.29) is 6.42 Å². The number of para-hydroxylation sites is 1. The molecule has 0 aliphatic heterocycles. The van der Waals surface area contributed by atoms with Gasteiger partial charge in [0.15, 0.2) is 0 Å². The third kappa shape index (κ3) is 4.14. The molecule has 2 fully saturated rings. The minimum absolute atomic E-state index is 0.0623. The van der Waals surface area contributed by atoms with Crippen LogP contribution in [0.1, 0.15) is 25.0 Å². The smallest absolute Gasteiger partial charge is 0.244 e. The van der Waals surface area contributed by atoms with Crippen molar-refractivity contribution >= 4 is 33.3 Å². The maximum atomic E-state index is 13.3.